The Labute approximate surface area is 107 Å². The number of carbonyl (C=O) groups is 2. The molecule has 0 aromatic heterocycles. The highest BCUT2D eigenvalue weighted by Gasteiger charge is 2.23. The van der Waals surface area contributed by atoms with Crippen molar-refractivity contribution in [3.05, 3.63) is 27.7 Å². The van der Waals surface area contributed by atoms with E-state index in [4.69, 9.17) is 33.6 Å². The fourth-order valence-corrected chi connectivity index (χ4v) is 1.86. The third kappa shape index (κ3) is 2.67. The fraction of sp³-hybridized carbons (Fsp3) is 0.100. The predicted octanol–water partition coefficient (Wildman–Crippen LogP) is 1.91. The molecule has 1 amide bonds. The summed E-state index contributed by atoms with van der Waals surface area (Å²) in [7, 11) is 1.21. The summed E-state index contributed by atoms with van der Waals surface area (Å²) in [6.45, 7) is 0. The van der Waals surface area contributed by atoms with Crippen LogP contribution in [0.25, 0.3) is 0 Å². The molecule has 0 radical (unpaired) electrons. The van der Waals surface area contributed by atoms with E-state index in [1.54, 1.807) is 6.07 Å². The molecule has 5 nitrogen and oxygen atoms in total. The van der Waals surface area contributed by atoms with E-state index in [1.165, 1.54) is 19.2 Å². The summed E-state index contributed by atoms with van der Waals surface area (Å²) in [6, 6.07) is 4.42. The van der Waals surface area contributed by atoms with E-state index >= 15 is 0 Å². The maximum atomic E-state index is 11.3. The number of halogens is 2. The molecule has 0 spiro atoms. The van der Waals surface area contributed by atoms with Gasteiger partial charge in [-0.25, -0.2) is 4.79 Å². The molecule has 17 heavy (non-hydrogen) atoms. The lowest BCUT2D eigenvalue weighted by Crippen LogP contribution is -2.33. The number of anilines is 1. The molecule has 0 unspecified atom stereocenters. The van der Waals surface area contributed by atoms with Crippen LogP contribution in [0.15, 0.2) is 12.1 Å². The maximum Gasteiger partial charge on any atom is 0.394 e. The highest BCUT2D eigenvalue weighted by atomic mass is 35.5. The van der Waals surface area contributed by atoms with E-state index in [0.717, 1.165) is 4.90 Å². The molecule has 7 heteroatoms. The molecule has 0 bridgehead atoms. The van der Waals surface area contributed by atoms with E-state index in [0.29, 0.717) is 0 Å². The topological polar surface area (TPSA) is 81.4 Å². The van der Waals surface area contributed by atoms with Crippen LogP contribution in [0.3, 0.4) is 0 Å². The molecule has 0 atom stereocenters. The van der Waals surface area contributed by atoms with E-state index in [9.17, 15) is 9.59 Å². The minimum Gasteiger partial charge on any atom is -0.474 e. The van der Waals surface area contributed by atoms with Gasteiger partial charge in [0.15, 0.2) is 0 Å². The number of likely N-dealkylation sites (N-methyl/N-ethyl adjacent to an activating group) is 1. The zero-order valence-electron chi connectivity index (χ0n) is 8.57. The van der Waals surface area contributed by atoms with Crippen molar-refractivity contribution < 1.29 is 14.7 Å². The summed E-state index contributed by atoms with van der Waals surface area (Å²) < 4.78 is 0. The molecular weight excluding hydrogens is 267 g/mol. The first-order chi connectivity index (χ1) is 7.88. The number of nitrogens with zero attached hydrogens (tertiary/aromatic N) is 2. The van der Waals surface area contributed by atoms with Crippen molar-refractivity contribution in [3.8, 4) is 6.07 Å². The summed E-state index contributed by atoms with van der Waals surface area (Å²) in [4.78, 5) is 22.6. The second-order valence-electron chi connectivity index (χ2n) is 3.06. The number of benzene rings is 1. The van der Waals surface area contributed by atoms with Crippen LogP contribution in [0, 0.1) is 11.3 Å². The minimum absolute atomic E-state index is 0.0194. The number of nitriles is 1. The van der Waals surface area contributed by atoms with Gasteiger partial charge in [0.25, 0.3) is 0 Å². The maximum absolute atomic E-state index is 11.3. The molecule has 1 aromatic rings. The van der Waals surface area contributed by atoms with Crippen LogP contribution in [0.4, 0.5) is 5.69 Å². The molecule has 0 fully saturated rings. The highest BCUT2D eigenvalue weighted by Crippen LogP contribution is 2.32. The number of carboxylic acids is 1. The highest BCUT2D eigenvalue weighted by molar-refractivity contribution is 6.41. The number of carboxylic acid groups (broad SMARTS) is 1. The Hall–Kier alpha value is -1.77. The summed E-state index contributed by atoms with van der Waals surface area (Å²) in [5, 5.41) is 17.7. The lowest BCUT2D eigenvalue weighted by atomic mass is 10.1. The van der Waals surface area contributed by atoms with Crippen LogP contribution >= 0.6 is 23.2 Å². The number of rotatable bonds is 1. The van der Waals surface area contributed by atoms with Gasteiger partial charge >= 0.3 is 11.9 Å². The van der Waals surface area contributed by atoms with Gasteiger partial charge in [0.05, 0.1) is 16.3 Å². The van der Waals surface area contributed by atoms with Crippen molar-refractivity contribution in [3.63, 3.8) is 0 Å². The monoisotopic (exact) mass is 272 g/mol. The third-order valence-electron chi connectivity index (χ3n) is 1.97. The van der Waals surface area contributed by atoms with Crippen LogP contribution < -0.4 is 4.90 Å². The number of hydrogen-bond donors (Lipinski definition) is 1. The van der Waals surface area contributed by atoms with Crippen molar-refractivity contribution in [1.29, 1.82) is 5.26 Å². The first kappa shape index (κ1) is 13.3. The minimum atomic E-state index is -1.64. The summed E-state index contributed by atoms with van der Waals surface area (Å²) >= 11 is 11.5. The molecule has 1 N–H and O–H groups in total. The van der Waals surface area contributed by atoms with Crippen molar-refractivity contribution in [2.24, 2.45) is 0 Å². The molecule has 0 heterocycles. The van der Waals surface area contributed by atoms with Crippen molar-refractivity contribution in [1.82, 2.24) is 0 Å². The molecule has 0 aliphatic carbocycles. The standard InChI is InChI=1S/C10H6Cl2N2O3/c1-14(9(15)10(16)17)8-5(4-13)2-6(11)3-7(8)12/h2-3H,1H3,(H,16,17). The van der Waals surface area contributed by atoms with E-state index < -0.39 is 11.9 Å². The Morgan fingerprint density at radius 3 is 2.47 bits per heavy atom. The molecule has 1 aromatic carbocycles. The molecule has 0 saturated heterocycles. The quantitative estimate of drug-likeness (QED) is 0.792. The van der Waals surface area contributed by atoms with Crippen LogP contribution in [0.2, 0.25) is 10.0 Å². The van der Waals surface area contributed by atoms with Gasteiger partial charge < -0.3 is 10.0 Å². The number of amides is 1. The Morgan fingerprint density at radius 1 is 1.41 bits per heavy atom. The molecule has 0 saturated carbocycles. The van der Waals surface area contributed by atoms with Crippen LogP contribution in [-0.2, 0) is 9.59 Å². The van der Waals surface area contributed by atoms with Gasteiger partial charge in [-0.05, 0) is 12.1 Å². The van der Waals surface area contributed by atoms with Gasteiger partial charge in [0.1, 0.15) is 6.07 Å². The number of hydrogen-bond acceptors (Lipinski definition) is 3. The molecule has 1 rings (SSSR count). The largest absolute Gasteiger partial charge is 0.474 e. The number of aliphatic carboxylic acids is 1. The summed E-state index contributed by atoms with van der Waals surface area (Å²) in [5.74, 6) is -2.83. The van der Waals surface area contributed by atoms with E-state index in [2.05, 4.69) is 0 Å². The Bertz CT molecular complexity index is 537. The smallest absolute Gasteiger partial charge is 0.394 e. The first-order valence-electron chi connectivity index (χ1n) is 4.28. The van der Waals surface area contributed by atoms with Gasteiger partial charge in [-0.3, -0.25) is 4.79 Å². The number of carbonyl (C=O) groups excluding carboxylic acids is 1. The normalized spacial score (nSPS) is 9.53. The van der Waals surface area contributed by atoms with Crippen LogP contribution in [0.1, 0.15) is 5.56 Å². The average Bonchev–Trinajstić information content (AvgIpc) is 2.25. The Kier molecular flexibility index (Phi) is 3.94. The average molecular weight is 273 g/mol. The van der Waals surface area contributed by atoms with Crippen molar-refractivity contribution in [2.45, 2.75) is 0 Å². The molecule has 0 aliphatic rings. The second-order valence-corrected chi connectivity index (χ2v) is 3.91. The van der Waals surface area contributed by atoms with Gasteiger partial charge in [0, 0.05) is 12.1 Å². The Morgan fingerprint density at radius 2 is 2.00 bits per heavy atom. The van der Waals surface area contributed by atoms with Crippen molar-refractivity contribution in [2.75, 3.05) is 11.9 Å². The lowest BCUT2D eigenvalue weighted by molar-refractivity contribution is -0.148. The van der Waals surface area contributed by atoms with Gasteiger partial charge in [-0.2, -0.15) is 5.26 Å². The lowest BCUT2D eigenvalue weighted by Gasteiger charge is -2.17. The van der Waals surface area contributed by atoms with E-state index in [1.807, 2.05) is 0 Å². The molecule has 0 aliphatic heterocycles. The zero-order valence-corrected chi connectivity index (χ0v) is 10.1. The fourth-order valence-electron chi connectivity index (χ4n) is 1.24. The molecular formula is C10H6Cl2N2O3. The van der Waals surface area contributed by atoms with E-state index in [-0.39, 0.29) is 21.3 Å². The zero-order chi connectivity index (χ0) is 13.2. The van der Waals surface area contributed by atoms with Gasteiger partial charge in [0.2, 0.25) is 0 Å². The predicted molar refractivity (Wildman–Crippen MR) is 62.2 cm³/mol. The van der Waals surface area contributed by atoms with Gasteiger partial charge in [-0.15, -0.1) is 0 Å². The van der Waals surface area contributed by atoms with Crippen LogP contribution in [-0.4, -0.2) is 24.0 Å². The second kappa shape index (κ2) is 5.04. The molecule has 88 valence electrons. The summed E-state index contributed by atoms with van der Waals surface area (Å²) in [6.07, 6.45) is 0. The SMILES string of the molecule is CN(C(=O)C(=O)O)c1c(Cl)cc(Cl)cc1C#N. The van der Waals surface area contributed by atoms with Crippen molar-refractivity contribution >= 4 is 40.8 Å². The Balaban J connectivity index is 3.36. The van der Waals surface area contributed by atoms with Crippen LogP contribution in [0.5, 0.6) is 0 Å². The van der Waals surface area contributed by atoms with Gasteiger partial charge in [-0.1, -0.05) is 23.2 Å². The summed E-state index contributed by atoms with van der Waals surface area (Å²) in [5.41, 5.74) is 0.0468. The third-order valence-corrected chi connectivity index (χ3v) is 2.48. The first-order valence-corrected chi connectivity index (χ1v) is 5.04.